The van der Waals surface area contributed by atoms with Crippen LogP contribution >= 0.6 is 31.9 Å². The molecule has 2 aromatic carbocycles. The highest BCUT2D eigenvalue weighted by atomic mass is 79.9. The molecule has 0 radical (unpaired) electrons. The number of carbonyl (C=O) groups is 3. The lowest BCUT2D eigenvalue weighted by atomic mass is 10.2. The second-order valence-corrected chi connectivity index (χ2v) is 9.00. The highest BCUT2D eigenvalue weighted by Gasteiger charge is 2.22. The van der Waals surface area contributed by atoms with E-state index in [1.165, 1.54) is 4.68 Å². The van der Waals surface area contributed by atoms with Gasteiger partial charge in [0.25, 0.3) is 5.91 Å². The molecule has 3 N–H and O–H groups in total. The molecule has 1 aromatic heterocycles. The molecule has 7 nitrogen and oxygen atoms in total. The van der Waals surface area contributed by atoms with Crippen LogP contribution in [0.1, 0.15) is 36.3 Å². The Labute approximate surface area is 196 Å². The lowest BCUT2D eigenvalue weighted by Gasteiger charge is -2.15. The summed E-state index contributed by atoms with van der Waals surface area (Å²) >= 11 is 6.86. The van der Waals surface area contributed by atoms with Gasteiger partial charge in [-0.15, -0.1) is 0 Å². The van der Waals surface area contributed by atoms with Gasteiger partial charge in [0.15, 0.2) is 0 Å². The fraction of sp³-hybridized carbons (Fsp3) is 0.227. The van der Waals surface area contributed by atoms with Gasteiger partial charge in [-0.25, -0.2) is 4.68 Å². The fourth-order valence-corrected chi connectivity index (χ4v) is 3.90. The summed E-state index contributed by atoms with van der Waals surface area (Å²) in [4.78, 5) is 37.8. The first-order valence-corrected chi connectivity index (χ1v) is 11.3. The average molecular weight is 550 g/mol. The minimum atomic E-state index is -0.855. The number of rotatable bonds is 5. The first-order chi connectivity index (χ1) is 14.7. The van der Waals surface area contributed by atoms with Crippen molar-refractivity contribution >= 4 is 66.2 Å². The number of benzene rings is 2. The van der Waals surface area contributed by atoms with E-state index >= 15 is 0 Å². The van der Waals surface area contributed by atoms with Crippen molar-refractivity contribution in [1.82, 2.24) is 9.99 Å². The Balaban J connectivity index is 1.95. The summed E-state index contributed by atoms with van der Waals surface area (Å²) in [7, 11) is 0. The van der Waals surface area contributed by atoms with Gasteiger partial charge in [-0.2, -0.15) is 0 Å². The van der Waals surface area contributed by atoms with Crippen LogP contribution in [0, 0.1) is 6.92 Å². The Morgan fingerprint density at radius 1 is 1.03 bits per heavy atom. The summed E-state index contributed by atoms with van der Waals surface area (Å²) in [6.45, 7) is 5.67. The molecule has 31 heavy (non-hydrogen) atoms. The van der Waals surface area contributed by atoms with Gasteiger partial charge >= 0.3 is 11.8 Å². The highest BCUT2D eigenvalue weighted by Crippen LogP contribution is 2.26. The van der Waals surface area contributed by atoms with Crippen molar-refractivity contribution in [3.63, 3.8) is 0 Å². The number of nitrogens with zero attached hydrogens (tertiary/aromatic N) is 1. The number of carbonyl (C=O) groups excluding carboxylic acids is 3. The Bertz CT molecular complexity index is 1170. The topological polar surface area (TPSA) is 92.2 Å². The van der Waals surface area contributed by atoms with Crippen LogP contribution in [0.15, 0.2) is 51.4 Å². The molecule has 162 valence electrons. The Kier molecular flexibility index (Phi) is 7.17. The van der Waals surface area contributed by atoms with Crippen LogP contribution < -0.4 is 16.1 Å². The lowest BCUT2D eigenvalue weighted by molar-refractivity contribution is -0.137. The van der Waals surface area contributed by atoms with E-state index in [0.29, 0.717) is 17.6 Å². The van der Waals surface area contributed by atoms with Crippen molar-refractivity contribution < 1.29 is 14.4 Å². The second kappa shape index (κ2) is 9.65. The van der Waals surface area contributed by atoms with Gasteiger partial charge in [0.05, 0.1) is 11.2 Å². The molecule has 3 rings (SSSR count). The number of anilines is 1. The maximum Gasteiger partial charge on any atom is 0.328 e. The van der Waals surface area contributed by atoms with Crippen molar-refractivity contribution in [2.24, 2.45) is 0 Å². The van der Waals surface area contributed by atoms with Crippen molar-refractivity contribution in [3.05, 3.63) is 62.7 Å². The Morgan fingerprint density at radius 2 is 1.77 bits per heavy atom. The largest absolute Gasteiger partial charge is 0.345 e. The molecule has 9 heteroatoms. The van der Waals surface area contributed by atoms with Gasteiger partial charge in [0.1, 0.15) is 5.69 Å². The summed E-state index contributed by atoms with van der Waals surface area (Å²) in [6.07, 6.45) is 0.693. The third-order valence-corrected chi connectivity index (χ3v) is 5.93. The number of hydrogen-bond acceptors (Lipinski definition) is 3. The molecule has 0 aliphatic heterocycles. The molecule has 0 fully saturated rings. The number of aryl methyl sites for hydroxylation is 1. The van der Waals surface area contributed by atoms with Gasteiger partial charge in [-0.1, -0.05) is 28.9 Å². The van der Waals surface area contributed by atoms with E-state index in [2.05, 4.69) is 47.9 Å². The predicted molar refractivity (Wildman–Crippen MR) is 129 cm³/mol. The smallest absolute Gasteiger partial charge is 0.328 e. The van der Waals surface area contributed by atoms with E-state index in [9.17, 15) is 14.4 Å². The molecule has 0 spiro atoms. The number of fused-ring (bicyclic) bond motifs is 1. The van der Waals surface area contributed by atoms with Gasteiger partial charge in [0.2, 0.25) is 0 Å². The van der Waals surface area contributed by atoms with E-state index in [1.807, 2.05) is 39.0 Å². The standard InChI is InChI=1S/C22H22Br2N4O3/c1-4-13(3)25-21(30)22(31)27-28-18-8-6-15(23)10-14(18)11-19(28)20(29)26-17-7-5-12(2)9-16(17)24/h5-11,13H,4H2,1-3H3,(H,25,30)(H,26,29)(H,27,31)/t13-/m1/s1. The molecular weight excluding hydrogens is 528 g/mol. The number of amides is 3. The number of aromatic nitrogens is 1. The molecular formula is C22H22Br2N4O3. The molecule has 0 saturated carbocycles. The van der Waals surface area contributed by atoms with Crippen LogP contribution in [-0.2, 0) is 9.59 Å². The molecule has 0 bridgehead atoms. The summed E-state index contributed by atoms with van der Waals surface area (Å²) in [5.74, 6) is -2.05. The maximum atomic E-state index is 13.1. The monoisotopic (exact) mass is 548 g/mol. The molecule has 1 heterocycles. The Morgan fingerprint density at radius 3 is 2.45 bits per heavy atom. The molecule has 1 atom stereocenters. The molecule has 0 unspecified atom stereocenters. The highest BCUT2D eigenvalue weighted by molar-refractivity contribution is 9.10. The van der Waals surface area contributed by atoms with Crippen molar-refractivity contribution in [3.8, 4) is 0 Å². The molecule has 3 aromatic rings. The van der Waals surface area contributed by atoms with Crippen LogP contribution in [0.5, 0.6) is 0 Å². The summed E-state index contributed by atoms with van der Waals surface area (Å²) in [6, 6.07) is 12.5. The Hall–Kier alpha value is -2.65. The molecule has 0 aliphatic rings. The minimum absolute atomic E-state index is 0.141. The summed E-state index contributed by atoms with van der Waals surface area (Å²) in [5.41, 5.74) is 4.96. The van der Waals surface area contributed by atoms with Gasteiger partial charge in [-0.05, 0) is 78.2 Å². The molecule has 0 aliphatic carbocycles. The number of nitrogens with one attached hydrogen (secondary N) is 3. The zero-order chi connectivity index (χ0) is 22.7. The first kappa shape index (κ1) is 23.0. The van der Waals surface area contributed by atoms with Crippen LogP contribution in [0.2, 0.25) is 0 Å². The van der Waals surface area contributed by atoms with Crippen molar-refractivity contribution in [1.29, 1.82) is 0 Å². The number of halogens is 2. The fourth-order valence-electron chi connectivity index (χ4n) is 2.93. The second-order valence-electron chi connectivity index (χ2n) is 7.23. The van der Waals surface area contributed by atoms with Crippen molar-refractivity contribution in [2.75, 3.05) is 10.7 Å². The lowest BCUT2D eigenvalue weighted by Crippen LogP contribution is -2.43. The third kappa shape index (κ3) is 5.34. The van der Waals surface area contributed by atoms with E-state index in [4.69, 9.17) is 0 Å². The van der Waals surface area contributed by atoms with E-state index in [1.54, 1.807) is 24.3 Å². The average Bonchev–Trinajstić information content (AvgIpc) is 3.07. The van der Waals surface area contributed by atoms with Crippen LogP contribution in [-0.4, -0.2) is 28.4 Å². The van der Waals surface area contributed by atoms with E-state index < -0.39 is 17.7 Å². The maximum absolute atomic E-state index is 13.1. The first-order valence-electron chi connectivity index (χ1n) is 9.70. The van der Waals surface area contributed by atoms with Crippen LogP contribution in [0.3, 0.4) is 0 Å². The van der Waals surface area contributed by atoms with Gasteiger partial charge < -0.3 is 10.6 Å². The minimum Gasteiger partial charge on any atom is -0.345 e. The zero-order valence-electron chi connectivity index (χ0n) is 17.3. The normalized spacial score (nSPS) is 11.8. The van der Waals surface area contributed by atoms with Crippen molar-refractivity contribution in [2.45, 2.75) is 33.2 Å². The molecule has 0 saturated heterocycles. The summed E-state index contributed by atoms with van der Waals surface area (Å²) < 4.78 is 2.90. The summed E-state index contributed by atoms with van der Waals surface area (Å²) in [5, 5.41) is 6.19. The SMILES string of the molecule is CC[C@@H](C)NC(=O)C(=O)Nn1c(C(=O)Nc2ccc(C)cc2Br)cc2cc(Br)ccc21. The number of hydrogen-bond donors (Lipinski definition) is 3. The van der Waals surface area contributed by atoms with E-state index in [-0.39, 0.29) is 11.7 Å². The predicted octanol–water partition coefficient (Wildman–Crippen LogP) is 4.71. The quantitative estimate of drug-likeness (QED) is 0.402. The zero-order valence-corrected chi connectivity index (χ0v) is 20.4. The van der Waals surface area contributed by atoms with Crippen LogP contribution in [0.4, 0.5) is 5.69 Å². The van der Waals surface area contributed by atoms with Crippen LogP contribution in [0.25, 0.3) is 10.9 Å². The van der Waals surface area contributed by atoms with Gasteiger partial charge in [-0.3, -0.25) is 19.8 Å². The third-order valence-electron chi connectivity index (χ3n) is 4.78. The van der Waals surface area contributed by atoms with Gasteiger partial charge in [0, 0.05) is 20.4 Å². The van der Waals surface area contributed by atoms with E-state index in [0.717, 1.165) is 19.9 Å². The molecule has 3 amide bonds.